The Kier molecular flexibility index (Phi) is 5.60. The summed E-state index contributed by atoms with van der Waals surface area (Å²) in [6.45, 7) is 1.41. The molecule has 0 fully saturated rings. The molecule has 0 unspecified atom stereocenters. The smallest absolute Gasteiger partial charge is 0.295 e. The number of carbonyl (C=O) groups excluding carboxylic acids is 2. The van der Waals surface area contributed by atoms with Gasteiger partial charge in [-0.25, -0.2) is 9.67 Å². The number of aromatic nitrogens is 3. The van der Waals surface area contributed by atoms with E-state index in [1.165, 1.54) is 18.3 Å². The summed E-state index contributed by atoms with van der Waals surface area (Å²) in [4.78, 5) is 29.4. The van der Waals surface area contributed by atoms with Crippen LogP contribution in [0.2, 0.25) is 5.02 Å². The fourth-order valence-electron chi connectivity index (χ4n) is 2.80. The molecule has 0 saturated heterocycles. The Balaban J connectivity index is 1.64. The summed E-state index contributed by atoms with van der Waals surface area (Å²) >= 11 is 7.76. The molecule has 4 aromatic rings. The number of hydrogen-bond donors (Lipinski definition) is 2. The van der Waals surface area contributed by atoms with Crippen LogP contribution in [0, 0.1) is 0 Å². The van der Waals surface area contributed by atoms with E-state index in [9.17, 15) is 9.59 Å². The van der Waals surface area contributed by atoms with Crippen LogP contribution in [-0.4, -0.2) is 26.6 Å². The molecule has 2 aromatic heterocycles. The van der Waals surface area contributed by atoms with Gasteiger partial charge in [0, 0.05) is 12.6 Å². The lowest BCUT2D eigenvalue weighted by Gasteiger charge is -2.08. The molecule has 0 aliphatic heterocycles. The van der Waals surface area contributed by atoms with E-state index in [1.807, 2.05) is 47.8 Å². The van der Waals surface area contributed by atoms with Crippen molar-refractivity contribution in [1.29, 1.82) is 0 Å². The first-order valence-electron chi connectivity index (χ1n) is 8.96. The maximum Gasteiger partial charge on any atom is 0.295 e. The summed E-state index contributed by atoms with van der Waals surface area (Å²) in [6.07, 6.45) is 0. The highest BCUT2D eigenvalue weighted by Crippen LogP contribution is 2.28. The van der Waals surface area contributed by atoms with E-state index in [2.05, 4.69) is 20.7 Å². The van der Waals surface area contributed by atoms with E-state index in [0.717, 1.165) is 10.6 Å². The van der Waals surface area contributed by atoms with Crippen molar-refractivity contribution in [2.24, 2.45) is 0 Å². The van der Waals surface area contributed by atoms with E-state index in [0.29, 0.717) is 17.2 Å². The van der Waals surface area contributed by atoms with Crippen LogP contribution in [0.3, 0.4) is 0 Å². The highest BCUT2D eigenvalue weighted by atomic mass is 35.5. The summed E-state index contributed by atoms with van der Waals surface area (Å²) in [5.74, 6) is -0.103. The Morgan fingerprint density at radius 1 is 1.03 bits per heavy atom. The van der Waals surface area contributed by atoms with Gasteiger partial charge in [0.1, 0.15) is 0 Å². The maximum absolute atomic E-state index is 12.8. The van der Waals surface area contributed by atoms with Crippen molar-refractivity contribution in [2.45, 2.75) is 6.92 Å². The molecule has 0 bridgehead atoms. The lowest BCUT2D eigenvalue weighted by Crippen LogP contribution is -2.15. The van der Waals surface area contributed by atoms with Gasteiger partial charge in [-0.3, -0.25) is 9.59 Å². The van der Waals surface area contributed by atoms with Gasteiger partial charge < -0.3 is 10.6 Å². The minimum Gasteiger partial charge on any atom is -0.326 e. The van der Waals surface area contributed by atoms with Gasteiger partial charge in [-0.1, -0.05) is 35.9 Å². The zero-order chi connectivity index (χ0) is 21.1. The zero-order valence-corrected chi connectivity index (χ0v) is 17.4. The van der Waals surface area contributed by atoms with Crippen LogP contribution in [0.15, 0.2) is 66.0 Å². The van der Waals surface area contributed by atoms with Gasteiger partial charge >= 0.3 is 0 Å². The van der Waals surface area contributed by atoms with Crippen LogP contribution in [0.4, 0.5) is 11.4 Å². The number of thiophene rings is 1. The second-order valence-corrected chi connectivity index (χ2v) is 7.67. The predicted octanol–water partition coefficient (Wildman–Crippen LogP) is 4.86. The quantitative estimate of drug-likeness (QED) is 0.466. The summed E-state index contributed by atoms with van der Waals surface area (Å²) < 4.78 is 1.64. The highest BCUT2D eigenvalue weighted by molar-refractivity contribution is 7.13. The van der Waals surface area contributed by atoms with Crippen LogP contribution in [0.25, 0.3) is 16.4 Å². The first-order chi connectivity index (χ1) is 14.5. The van der Waals surface area contributed by atoms with Gasteiger partial charge in [-0.2, -0.15) is 0 Å². The van der Waals surface area contributed by atoms with Crippen LogP contribution in [0.5, 0.6) is 0 Å². The van der Waals surface area contributed by atoms with E-state index < -0.39 is 5.91 Å². The molecule has 0 radical (unpaired) electrons. The van der Waals surface area contributed by atoms with E-state index in [1.54, 1.807) is 22.9 Å². The molecule has 2 N–H and O–H groups in total. The minimum absolute atomic E-state index is 0.0178. The van der Waals surface area contributed by atoms with Crippen LogP contribution >= 0.6 is 22.9 Å². The first-order valence-corrected chi connectivity index (χ1v) is 10.2. The topological polar surface area (TPSA) is 88.9 Å². The number of rotatable bonds is 5. The molecule has 7 nitrogen and oxygen atoms in total. The van der Waals surface area contributed by atoms with Gasteiger partial charge in [0.25, 0.3) is 5.91 Å². The SMILES string of the molecule is CC(=O)Nc1ccc(NC(=O)c2nc(-c3cccs3)n(-c3ccccc3)n2)c(Cl)c1. The maximum atomic E-state index is 12.8. The number of anilines is 2. The molecule has 4 rings (SSSR count). The van der Waals surface area contributed by atoms with E-state index in [4.69, 9.17) is 11.6 Å². The number of carbonyl (C=O) groups is 2. The van der Waals surface area contributed by atoms with Crippen LogP contribution in [-0.2, 0) is 4.79 Å². The Morgan fingerprint density at radius 2 is 1.83 bits per heavy atom. The summed E-state index contributed by atoms with van der Waals surface area (Å²) in [5, 5.41) is 12.0. The number of para-hydroxylation sites is 1. The fourth-order valence-corrected chi connectivity index (χ4v) is 3.72. The van der Waals surface area contributed by atoms with Crippen molar-refractivity contribution in [1.82, 2.24) is 14.8 Å². The van der Waals surface area contributed by atoms with Gasteiger partial charge in [0.15, 0.2) is 5.82 Å². The van der Waals surface area contributed by atoms with Gasteiger partial charge in [0.2, 0.25) is 11.7 Å². The fraction of sp³-hybridized carbons (Fsp3) is 0.0476. The molecule has 9 heteroatoms. The third-order valence-corrected chi connectivity index (χ3v) is 5.27. The molecule has 0 spiro atoms. The number of amides is 2. The Labute approximate surface area is 181 Å². The largest absolute Gasteiger partial charge is 0.326 e. The van der Waals surface area contributed by atoms with Crippen molar-refractivity contribution in [3.05, 3.63) is 76.9 Å². The van der Waals surface area contributed by atoms with Crippen molar-refractivity contribution >= 4 is 46.1 Å². The number of nitrogens with zero attached hydrogens (tertiary/aromatic N) is 3. The van der Waals surface area contributed by atoms with Crippen molar-refractivity contribution in [2.75, 3.05) is 10.6 Å². The predicted molar refractivity (Wildman–Crippen MR) is 118 cm³/mol. The van der Waals surface area contributed by atoms with Crippen LogP contribution < -0.4 is 10.6 Å². The molecule has 30 heavy (non-hydrogen) atoms. The summed E-state index contributed by atoms with van der Waals surface area (Å²) in [7, 11) is 0. The molecule has 0 aliphatic rings. The molecule has 0 saturated carbocycles. The molecule has 0 atom stereocenters. The lowest BCUT2D eigenvalue weighted by atomic mass is 10.2. The molecular weight excluding hydrogens is 422 g/mol. The molecule has 150 valence electrons. The Morgan fingerprint density at radius 3 is 2.50 bits per heavy atom. The third kappa shape index (κ3) is 4.24. The number of hydrogen-bond acceptors (Lipinski definition) is 5. The monoisotopic (exact) mass is 437 g/mol. The Bertz CT molecular complexity index is 1210. The number of nitrogens with one attached hydrogen (secondary N) is 2. The second kappa shape index (κ2) is 8.48. The summed E-state index contributed by atoms with van der Waals surface area (Å²) in [6, 6.07) is 18.1. The average molecular weight is 438 g/mol. The number of halogens is 1. The van der Waals surface area contributed by atoms with E-state index in [-0.39, 0.29) is 16.8 Å². The highest BCUT2D eigenvalue weighted by Gasteiger charge is 2.20. The standard InChI is InChI=1S/C21H16ClN5O2S/c1-13(28)23-14-9-10-17(16(22)12-14)24-21(29)19-25-20(18-8-5-11-30-18)27(26-19)15-6-3-2-4-7-15/h2-12H,1H3,(H,23,28)(H,24,29). The van der Waals surface area contributed by atoms with Gasteiger partial charge in [-0.05, 0) is 41.8 Å². The normalized spacial score (nSPS) is 10.6. The zero-order valence-electron chi connectivity index (χ0n) is 15.8. The molecule has 2 heterocycles. The first kappa shape index (κ1) is 19.8. The van der Waals surface area contributed by atoms with Gasteiger partial charge in [-0.15, -0.1) is 16.4 Å². The van der Waals surface area contributed by atoms with Crippen LogP contribution in [0.1, 0.15) is 17.5 Å². The molecule has 2 amide bonds. The number of benzene rings is 2. The van der Waals surface area contributed by atoms with Crippen molar-refractivity contribution in [3.8, 4) is 16.4 Å². The van der Waals surface area contributed by atoms with Crippen molar-refractivity contribution in [3.63, 3.8) is 0 Å². The molecular formula is C21H16ClN5O2S. The Hall–Kier alpha value is -3.49. The van der Waals surface area contributed by atoms with E-state index >= 15 is 0 Å². The second-order valence-electron chi connectivity index (χ2n) is 6.31. The van der Waals surface area contributed by atoms with Crippen molar-refractivity contribution < 1.29 is 9.59 Å². The summed E-state index contributed by atoms with van der Waals surface area (Å²) in [5.41, 5.74) is 1.73. The van der Waals surface area contributed by atoms with Gasteiger partial charge in [0.05, 0.1) is 21.3 Å². The molecule has 2 aromatic carbocycles. The average Bonchev–Trinajstić information content (AvgIpc) is 3.40. The third-order valence-electron chi connectivity index (χ3n) is 4.09. The minimum atomic E-state index is -0.489. The molecule has 0 aliphatic carbocycles. The lowest BCUT2D eigenvalue weighted by molar-refractivity contribution is -0.114.